The maximum absolute atomic E-state index is 5.75. The quantitative estimate of drug-likeness (QED) is 0.850. The molecule has 0 aromatic carbocycles. The predicted octanol–water partition coefficient (Wildman–Crippen LogP) is 2.23. The molecule has 2 rings (SSSR count). The topological polar surface area (TPSA) is 29.3 Å². The summed E-state index contributed by atoms with van der Waals surface area (Å²) in [5.74, 6) is 0. The molecule has 0 saturated carbocycles. The lowest BCUT2D eigenvalue weighted by Gasteiger charge is -2.26. The fourth-order valence-corrected chi connectivity index (χ4v) is 3.02. The van der Waals surface area contributed by atoms with Crippen molar-refractivity contribution in [3.05, 3.63) is 21.9 Å². The third kappa shape index (κ3) is 3.03. The van der Waals surface area contributed by atoms with Crippen LogP contribution in [0, 0.1) is 0 Å². The molecule has 1 atom stereocenters. The van der Waals surface area contributed by atoms with Crippen LogP contribution in [0.3, 0.4) is 0 Å². The lowest BCUT2D eigenvalue weighted by molar-refractivity contribution is 0.249. The highest BCUT2D eigenvalue weighted by atomic mass is 32.1. The zero-order chi connectivity index (χ0) is 10.7. The summed E-state index contributed by atoms with van der Waals surface area (Å²) < 4.78 is 0. The summed E-state index contributed by atoms with van der Waals surface area (Å²) in [6.45, 7) is 5.67. The van der Waals surface area contributed by atoms with Crippen LogP contribution < -0.4 is 5.73 Å². The Balaban J connectivity index is 1.78. The Bertz CT molecular complexity index is 306. The molecule has 2 nitrogen and oxygen atoms in total. The Morgan fingerprint density at radius 2 is 2.47 bits per heavy atom. The fraction of sp³-hybridized carbons (Fsp3) is 0.667. The first-order valence-electron chi connectivity index (χ1n) is 5.79. The fourth-order valence-electron chi connectivity index (χ4n) is 2.13. The number of hydrogen-bond donors (Lipinski definition) is 1. The minimum absolute atomic E-state index is 0.353. The van der Waals surface area contributed by atoms with Gasteiger partial charge in [0.1, 0.15) is 0 Å². The zero-order valence-electron chi connectivity index (χ0n) is 9.41. The number of thiophene rings is 1. The molecule has 0 fully saturated rings. The molecule has 3 heteroatoms. The molecule has 2 heterocycles. The van der Waals surface area contributed by atoms with Gasteiger partial charge in [-0.25, -0.2) is 0 Å². The number of nitrogens with two attached hydrogens (primary N) is 1. The van der Waals surface area contributed by atoms with Gasteiger partial charge in [0.05, 0.1) is 0 Å². The van der Waals surface area contributed by atoms with E-state index in [1.165, 1.54) is 25.9 Å². The largest absolute Gasteiger partial charge is 0.328 e. The van der Waals surface area contributed by atoms with Crippen molar-refractivity contribution in [2.75, 3.05) is 13.1 Å². The molecule has 0 amide bonds. The van der Waals surface area contributed by atoms with Crippen LogP contribution in [-0.4, -0.2) is 24.0 Å². The summed E-state index contributed by atoms with van der Waals surface area (Å²) in [6.07, 6.45) is 3.62. The first-order valence-corrected chi connectivity index (χ1v) is 6.67. The molecular weight excluding hydrogens is 204 g/mol. The summed E-state index contributed by atoms with van der Waals surface area (Å²) >= 11 is 1.91. The van der Waals surface area contributed by atoms with Gasteiger partial charge in [0.25, 0.3) is 0 Å². The highest BCUT2D eigenvalue weighted by Gasteiger charge is 2.16. The van der Waals surface area contributed by atoms with Crippen LogP contribution in [0.1, 0.15) is 30.2 Å². The Morgan fingerprint density at radius 1 is 1.60 bits per heavy atom. The van der Waals surface area contributed by atoms with Crippen LogP contribution in [0.2, 0.25) is 0 Å². The molecule has 1 aliphatic heterocycles. The zero-order valence-corrected chi connectivity index (χ0v) is 10.2. The van der Waals surface area contributed by atoms with E-state index >= 15 is 0 Å². The van der Waals surface area contributed by atoms with Crippen molar-refractivity contribution in [2.45, 2.75) is 38.8 Å². The number of rotatable bonds is 4. The van der Waals surface area contributed by atoms with Gasteiger partial charge in [0.2, 0.25) is 0 Å². The molecular formula is C12H20N2S. The van der Waals surface area contributed by atoms with Gasteiger partial charge in [0.15, 0.2) is 0 Å². The Morgan fingerprint density at radius 3 is 3.27 bits per heavy atom. The van der Waals surface area contributed by atoms with Crippen molar-refractivity contribution >= 4 is 11.3 Å². The van der Waals surface area contributed by atoms with E-state index in [0.717, 1.165) is 13.0 Å². The van der Waals surface area contributed by atoms with Crippen molar-refractivity contribution in [1.29, 1.82) is 0 Å². The number of nitrogens with zero attached hydrogens (tertiary/aromatic N) is 1. The Kier molecular flexibility index (Phi) is 3.78. The lowest BCUT2D eigenvalue weighted by Crippen LogP contribution is -2.31. The van der Waals surface area contributed by atoms with Crippen molar-refractivity contribution in [3.8, 4) is 0 Å². The molecule has 0 bridgehead atoms. The minimum atomic E-state index is 0.353. The molecule has 0 aliphatic carbocycles. The Hall–Kier alpha value is -0.380. The third-order valence-corrected chi connectivity index (χ3v) is 4.04. The second-order valence-electron chi connectivity index (χ2n) is 4.51. The highest BCUT2D eigenvalue weighted by molar-refractivity contribution is 7.10. The van der Waals surface area contributed by atoms with Crippen molar-refractivity contribution in [1.82, 2.24) is 4.90 Å². The lowest BCUT2D eigenvalue weighted by atomic mass is 10.1. The average Bonchev–Trinajstić information content (AvgIpc) is 2.64. The first-order chi connectivity index (χ1) is 7.25. The van der Waals surface area contributed by atoms with Crippen LogP contribution in [0.5, 0.6) is 0 Å². The van der Waals surface area contributed by atoms with Gasteiger partial charge in [0, 0.05) is 24.0 Å². The van der Waals surface area contributed by atoms with Crippen molar-refractivity contribution in [3.63, 3.8) is 0 Å². The Labute approximate surface area is 96.1 Å². The summed E-state index contributed by atoms with van der Waals surface area (Å²) in [5.41, 5.74) is 7.30. The number of fused-ring (bicyclic) bond motifs is 1. The summed E-state index contributed by atoms with van der Waals surface area (Å²) in [5, 5.41) is 2.22. The smallest absolute Gasteiger partial charge is 0.0244 e. The molecule has 0 radical (unpaired) electrons. The molecule has 15 heavy (non-hydrogen) atoms. The summed E-state index contributed by atoms with van der Waals surface area (Å²) in [4.78, 5) is 4.15. The van der Waals surface area contributed by atoms with Crippen LogP contribution in [0.4, 0.5) is 0 Å². The summed E-state index contributed by atoms with van der Waals surface area (Å²) in [7, 11) is 0. The predicted molar refractivity (Wildman–Crippen MR) is 66.2 cm³/mol. The molecule has 1 aliphatic rings. The van der Waals surface area contributed by atoms with E-state index in [1.54, 1.807) is 10.4 Å². The molecule has 1 aromatic heterocycles. The van der Waals surface area contributed by atoms with Crippen LogP contribution in [-0.2, 0) is 13.0 Å². The molecule has 0 saturated heterocycles. The minimum Gasteiger partial charge on any atom is -0.328 e. The van der Waals surface area contributed by atoms with Gasteiger partial charge < -0.3 is 5.73 Å². The maximum atomic E-state index is 5.75. The standard InChI is InChI=1S/C12H20N2S/c1-10(13)3-2-6-14-7-4-12-11(9-14)5-8-15-12/h5,8,10H,2-4,6-7,9,13H2,1H3. The second kappa shape index (κ2) is 5.10. The highest BCUT2D eigenvalue weighted by Crippen LogP contribution is 2.23. The van der Waals surface area contributed by atoms with Crippen LogP contribution in [0.15, 0.2) is 11.4 Å². The van der Waals surface area contributed by atoms with Gasteiger partial charge in [-0.05, 0) is 49.7 Å². The number of hydrogen-bond acceptors (Lipinski definition) is 3. The molecule has 84 valence electrons. The van der Waals surface area contributed by atoms with E-state index in [-0.39, 0.29) is 0 Å². The van der Waals surface area contributed by atoms with Gasteiger partial charge >= 0.3 is 0 Å². The van der Waals surface area contributed by atoms with Crippen molar-refractivity contribution < 1.29 is 0 Å². The van der Waals surface area contributed by atoms with E-state index < -0.39 is 0 Å². The second-order valence-corrected chi connectivity index (χ2v) is 5.52. The normalized spacial score (nSPS) is 18.8. The van der Waals surface area contributed by atoms with Crippen molar-refractivity contribution in [2.24, 2.45) is 5.73 Å². The molecule has 2 N–H and O–H groups in total. The van der Waals surface area contributed by atoms with Crippen LogP contribution >= 0.6 is 11.3 Å². The van der Waals surface area contributed by atoms with Gasteiger partial charge in [-0.1, -0.05) is 0 Å². The van der Waals surface area contributed by atoms with E-state index in [9.17, 15) is 0 Å². The SMILES string of the molecule is CC(N)CCCN1CCc2sccc2C1. The van der Waals surface area contributed by atoms with Gasteiger partial charge in [-0.15, -0.1) is 11.3 Å². The van der Waals surface area contributed by atoms with E-state index in [4.69, 9.17) is 5.73 Å². The molecule has 1 aromatic rings. The van der Waals surface area contributed by atoms with Gasteiger partial charge in [-0.2, -0.15) is 0 Å². The molecule has 0 spiro atoms. The molecule has 1 unspecified atom stereocenters. The monoisotopic (exact) mass is 224 g/mol. The van der Waals surface area contributed by atoms with E-state index in [2.05, 4.69) is 23.3 Å². The van der Waals surface area contributed by atoms with Gasteiger partial charge in [-0.3, -0.25) is 4.90 Å². The summed E-state index contributed by atoms with van der Waals surface area (Å²) in [6, 6.07) is 2.63. The van der Waals surface area contributed by atoms with Crippen LogP contribution in [0.25, 0.3) is 0 Å². The average molecular weight is 224 g/mol. The maximum Gasteiger partial charge on any atom is 0.0244 e. The van der Waals surface area contributed by atoms with E-state index in [0.29, 0.717) is 6.04 Å². The van der Waals surface area contributed by atoms with E-state index in [1.807, 2.05) is 11.3 Å². The third-order valence-electron chi connectivity index (χ3n) is 3.02. The first kappa shape index (κ1) is 11.1.